The summed E-state index contributed by atoms with van der Waals surface area (Å²) < 4.78 is 53.9. The van der Waals surface area contributed by atoms with Gasteiger partial charge < -0.3 is 0 Å². The van der Waals surface area contributed by atoms with Crippen molar-refractivity contribution in [3.8, 4) is 28.3 Å². The minimum absolute atomic E-state index is 0.0418. The van der Waals surface area contributed by atoms with Crippen LogP contribution < -0.4 is 9.44 Å². The SMILES string of the molecule is CC(C)S(=O)(=O)NC1Cc2ccc(-c3ccc(C#N)nc3)cc2C1.Cc1ccc(-c2ccc3c(c2)CC(NS(=O)(=O)C(C)C)C3)c(C)n1. The third-order valence-electron chi connectivity index (χ3n) is 8.93. The van der Waals surface area contributed by atoms with Crippen molar-refractivity contribution in [2.45, 2.75) is 89.8 Å². The smallest absolute Gasteiger partial charge is 0.214 e. The highest BCUT2D eigenvalue weighted by atomic mass is 32.2. The summed E-state index contributed by atoms with van der Waals surface area (Å²) in [6.45, 7) is 10.8. The van der Waals surface area contributed by atoms with Crippen molar-refractivity contribution in [2.75, 3.05) is 0 Å². The molecule has 9 nitrogen and oxygen atoms in total. The van der Waals surface area contributed by atoms with E-state index in [0.717, 1.165) is 52.0 Å². The van der Waals surface area contributed by atoms with Crippen LogP contribution in [0, 0.1) is 25.2 Å². The Morgan fingerprint density at radius 3 is 1.67 bits per heavy atom. The number of hydrogen-bond donors (Lipinski definition) is 2. The molecule has 2 aliphatic rings. The standard InChI is InChI=1S/C19H24N2O2S.C18H19N3O2S/c1-12(2)24(22,23)21-18-10-15-6-7-16(9-17(15)11-18)19-8-5-13(3)20-14(19)4;1-12(2)24(22,23)21-18-8-14-4-3-13(7-16(14)9-18)15-5-6-17(10-19)20-11-15/h5-9,12,18,21H,10-11H2,1-4H3;3-7,11-12,18,21H,8-9H2,1-2H3. The van der Waals surface area contributed by atoms with Crippen LogP contribution in [0.15, 0.2) is 66.9 Å². The van der Waals surface area contributed by atoms with Crippen molar-refractivity contribution in [1.82, 2.24) is 19.4 Å². The van der Waals surface area contributed by atoms with E-state index in [1.807, 2.05) is 44.2 Å². The number of aromatic nitrogens is 2. The second-order valence-electron chi connectivity index (χ2n) is 13.2. The Morgan fingerprint density at radius 1 is 0.688 bits per heavy atom. The molecular formula is C37H43N5O4S2. The molecule has 0 aliphatic heterocycles. The summed E-state index contributed by atoms with van der Waals surface area (Å²) in [5.74, 6) is 0. The maximum absolute atomic E-state index is 12.1. The van der Waals surface area contributed by atoms with Gasteiger partial charge in [0.25, 0.3) is 0 Å². The number of sulfonamides is 2. The third-order valence-corrected chi connectivity index (χ3v) is 12.7. The zero-order valence-corrected chi connectivity index (χ0v) is 29.9. The molecule has 252 valence electrons. The molecule has 2 aliphatic carbocycles. The molecule has 0 bridgehead atoms. The summed E-state index contributed by atoms with van der Waals surface area (Å²) >= 11 is 0. The lowest BCUT2D eigenvalue weighted by atomic mass is 9.99. The molecular weight excluding hydrogens is 643 g/mol. The normalized spacial score (nSPS) is 17.1. The van der Waals surface area contributed by atoms with Gasteiger partial charge in [0, 0.05) is 40.8 Å². The molecule has 48 heavy (non-hydrogen) atoms. The van der Waals surface area contributed by atoms with E-state index in [4.69, 9.17) is 5.26 Å². The van der Waals surface area contributed by atoms with Crippen LogP contribution in [-0.4, -0.2) is 49.4 Å². The monoisotopic (exact) mass is 685 g/mol. The van der Waals surface area contributed by atoms with E-state index in [1.54, 1.807) is 40.0 Å². The number of hydrogen-bond acceptors (Lipinski definition) is 7. The lowest BCUT2D eigenvalue weighted by Gasteiger charge is -2.14. The van der Waals surface area contributed by atoms with E-state index >= 15 is 0 Å². The Kier molecular flexibility index (Phi) is 10.5. The zero-order valence-electron chi connectivity index (χ0n) is 28.3. The molecule has 2 unspecified atom stereocenters. The van der Waals surface area contributed by atoms with Crippen LogP contribution in [0.1, 0.15) is 67.0 Å². The van der Waals surface area contributed by atoms with Crippen molar-refractivity contribution >= 4 is 20.0 Å². The Hall–Kier alpha value is -3.95. The molecule has 0 saturated carbocycles. The zero-order chi connectivity index (χ0) is 34.8. The van der Waals surface area contributed by atoms with E-state index in [2.05, 4.69) is 49.7 Å². The predicted molar refractivity (Wildman–Crippen MR) is 190 cm³/mol. The first kappa shape index (κ1) is 35.4. The third kappa shape index (κ3) is 8.18. The van der Waals surface area contributed by atoms with E-state index in [1.165, 1.54) is 16.7 Å². The second-order valence-corrected chi connectivity index (χ2v) is 17.8. The number of aryl methyl sites for hydroxylation is 2. The van der Waals surface area contributed by atoms with Gasteiger partial charge in [-0.1, -0.05) is 42.5 Å². The minimum atomic E-state index is -3.26. The number of nitrogens with one attached hydrogen (secondary N) is 2. The Morgan fingerprint density at radius 2 is 1.19 bits per heavy atom. The highest BCUT2D eigenvalue weighted by molar-refractivity contribution is 7.90. The maximum atomic E-state index is 12.1. The van der Waals surface area contributed by atoms with E-state index in [9.17, 15) is 16.8 Å². The van der Waals surface area contributed by atoms with Gasteiger partial charge in [-0.15, -0.1) is 0 Å². The van der Waals surface area contributed by atoms with Crippen molar-refractivity contribution in [2.24, 2.45) is 0 Å². The highest BCUT2D eigenvalue weighted by Gasteiger charge is 2.28. The average molecular weight is 686 g/mol. The molecule has 0 radical (unpaired) electrons. The fourth-order valence-electron chi connectivity index (χ4n) is 6.11. The number of rotatable bonds is 8. The van der Waals surface area contributed by atoms with Crippen LogP contribution >= 0.6 is 0 Å². The van der Waals surface area contributed by atoms with Crippen molar-refractivity contribution < 1.29 is 16.8 Å². The molecule has 2 N–H and O–H groups in total. The largest absolute Gasteiger partial charge is 0.258 e. The van der Waals surface area contributed by atoms with E-state index in [0.29, 0.717) is 18.5 Å². The summed E-state index contributed by atoms with van der Waals surface area (Å²) in [7, 11) is -6.49. The number of fused-ring (bicyclic) bond motifs is 2. The van der Waals surface area contributed by atoms with Gasteiger partial charge in [0.2, 0.25) is 20.0 Å². The number of nitrogens with zero attached hydrogens (tertiary/aromatic N) is 3. The van der Waals surface area contributed by atoms with Gasteiger partial charge in [0.05, 0.1) is 10.5 Å². The van der Waals surface area contributed by atoms with Crippen LogP contribution in [0.4, 0.5) is 0 Å². The lowest BCUT2D eigenvalue weighted by molar-refractivity contribution is 0.546. The van der Waals surface area contributed by atoms with Gasteiger partial charge in [-0.2, -0.15) is 5.26 Å². The average Bonchev–Trinajstić information content (AvgIpc) is 3.62. The maximum Gasteiger partial charge on any atom is 0.214 e. The first-order chi connectivity index (χ1) is 22.6. The van der Waals surface area contributed by atoms with E-state index in [-0.39, 0.29) is 12.1 Å². The second kappa shape index (κ2) is 14.3. The number of nitriles is 1. The van der Waals surface area contributed by atoms with Gasteiger partial charge in [-0.25, -0.2) is 31.3 Å². The van der Waals surface area contributed by atoms with Crippen LogP contribution in [0.3, 0.4) is 0 Å². The molecule has 2 heterocycles. The predicted octanol–water partition coefficient (Wildman–Crippen LogP) is 5.58. The van der Waals surface area contributed by atoms with Crippen LogP contribution in [0.25, 0.3) is 22.3 Å². The van der Waals surface area contributed by atoms with Crippen LogP contribution in [0.2, 0.25) is 0 Å². The summed E-state index contributed by atoms with van der Waals surface area (Å²) in [6.07, 6.45) is 4.60. The highest BCUT2D eigenvalue weighted by Crippen LogP contribution is 2.31. The van der Waals surface area contributed by atoms with Crippen LogP contribution in [0.5, 0.6) is 0 Å². The molecule has 2 aromatic heterocycles. The molecule has 0 fully saturated rings. The van der Waals surface area contributed by atoms with Gasteiger partial charge >= 0.3 is 0 Å². The summed E-state index contributed by atoms with van der Waals surface area (Å²) in [4.78, 5) is 8.63. The topological polar surface area (TPSA) is 142 Å². The fourth-order valence-corrected chi connectivity index (χ4v) is 7.92. The van der Waals surface area contributed by atoms with Gasteiger partial charge in [-0.05, 0) is 119 Å². The Labute approximate surface area is 285 Å². The Bertz CT molecular complexity index is 2070. The van der Waals surface area contributed by atoms with Crippen molar-refractivity contribution in [3.05, 3.63) is 106 Å². The van der Waals surface area contributed by atoms with Gasteiger partial charge in [-0.3, -0.25) is 4.98 Å². The molecule has 0 spiro atoms. The first-order valence-corrected chi connectivity index (χ1v) is 19.3. The Balaban J connectivity index is 0.000000188. The fraction of sp³-hybridized carbons (Fsp3) is 0.378. The summed E-state index contributed by atoms with van der Waals surface area (Å²) in [6, 6.07) is 22.1. The molecule has 0 saturated heterocycles. The summed E-state index contributed by atoms with van der Waals surface area (Å²) in [5, 5.41) is 7.98. The molecule has 6 rings (SSSR count). The first-order valence-electron chi connectivity index (χ1n) is 16.2. The molecule has 2 aromatic carbocycles. The van der Waals surface area contributed by atoms with Gasteiger partial charge in [0.1, 0.15) is 11.8 Å². The lowest BCUT2D eigenvalue weighted by Crippen LogP contribution is -2.39. The number of benzene rings is 2. The molecule has 2 atom stereocenters. The molecule has 4 aromatic rings. The van der Waals surface area contributed by atoms with Crippen molar-refractivity contribution in [3.63, 3.8) is 0 Å². The van der Waals surface area contributed by atoms with Crippen molar-refractivity contribution in [1.29, 1.82) is 5.26 Å². The molecule has 0 amide bonds. The summed E-state index contributed by atoms with van der Waals surface area (Å²) in [5.41, 5.74) is 11.5. The van der Waals surface area contributed by atoms with Crippen LogP contribution in [-0.2, 0) is 45.7 Å². The minimum Gasteiger partial charge on any atom is -0.258 e. The van der Waals surface area contributed by atoms with E-state index < -0.39 is 30.5 Å². The molecule has 11 heteroatoms. The van der Waals surface area contributed by atoms with Gasteiger partial charge in [0.15, 0.2) is 0 Å². The number of pyridine rings is 2. The quantitative estimate of drug-likeness (QED) is 0.247.